The summed E-state index contributed by atoms with van der Waals surface area (Å²) in [5.41, 5.74) is 7.18. The molecule has 3 N–H and O–H groups in total. The van der Waals surface area contributed by atoms with E-state index in [-0.39, 0.29) is 5.41 Å². The Labute approximate surface area is 167 Å². The lowest BCUT2D eigenvalue weighted by Crippen LogP contribution is -2.41. The molecule has 0 saturated carbocycles. The van der Waals surface area contributed by atoms with E-state index < -0.39 is 23.2 Å². The maximum absolute atomic E-state index is 13.2. The Morgan fingerprint density at radius 2 is 1.82 bits per heavy atom. The van der Waals surface area contributed by atoms with Crippen molar-refractivity contribution in [2.24, 2.45) is 5.73 Å². The highest BCUT2D eigenvalue weighted by molar-refractivity contribution is 7.19. The van der Waals surface area contributed by atoms with Crippen molar-refractivity contribution in [1.29, 1.82) is 0 Å². The molecule has 148 valence electrons. The molecule has 0 aliphatic rings. The molecule has 0 bridgehead atoms. The second kappa shape index (κ2) is 7.05. The van der Waals surface area contributed by atoms with E-state index in [0.717, 1.165) is 27.0 Å². The number of hydrogen-bond acceptors (Lipinski definition) is 4. The number of fused-ring (bicyclic) bond motifs is 1. The monoisotopic (exact) mass is 399 g/mol. The predicted octanol–water partition coefficient (Wildman–Crippen LogP) is 3.32. The first-order chi connectivity index (χ1) is 13.1. The van der Waals surface area contributed by atoms with E-state index in [1.165, 1.54) is 23.8 Å². The molecule has 2 heterocycles. The van der Waals surface area contributed by atoms with Crippen molar-refractivity contribution in [3.63, 3.8) is 0 Å². The van der Waals surface area contributed by atoms with Crippen LogP contribution in [0, 0.1) is 0 Å². The molecule has 1 atom stereocenters. The van der Waals surface area contributed by atoms with Gasteiger partial charge in [-0.1, -0.05) is 52.0 Å². The van der Waals surface area contributed by atoms with Crippen LogP contribution < -0.4 is 17.0 Å². The maximum atomic E-state index is 13.2. The van der Waals surface area contributed by atoms with Gasteiger partial charge in [-0.05, 0) is 29.9 Å². The number of nitrogens with two attached hydrogens (primary N) is 1. The van der Waals surface area contributed by atoms with Crippen LogP contribution in [0.5, 0.6) is 0 Å². The Bertz CT molecular complexity index is 1160. The summed E-state index contributed by atoms with van der Waals surface area (Å²) in [6, 6.07) is 7.12. The van der Waals surface area contributed by atoms with Crippen molar-refractivity contribution < 1.29 is 4.79 Å². The second-order valence-corrected chi connectivity index (χ2v) is 9.07. The summed E-state index contributed by atoms with van der Waals surface area (Å²) in [6.07, 6.45) is 0.725. The third kappa shape index (κ3) is 3.30. The zero-order valence-corrected chi connectivity index (χ0v) is 17.6. The number of aromatic nitrogens is 2. The van der Waals surface area contributed by atoms with E-state index in [4.69, 9.17) is 5.73 Å². The molecular formula is C21H25N3O3S. The fourth-order valence-corrected chi connectivity index (χ4v) is 4.45. The molecule has 7 heteroatoms. The molecule has 0 radical (unpaired) electrons. The van der Waals surface area contributed by atoms with Gasteiger partial charge in [-0.2, -0.15) is 0 Å². The van der Waals surface area contributed by atoms with Crippen LogP contribution in [0.4, 0.5) is 0 Å². The number of H-pyrrole nitrogens is 1. The van der Waals surface area contributed by atoms with Crippen LogP contribution in [0.1, 0.15) is 51.1 Å². The van der Waals surface area contributed by atoms with Crippen LogP contribution in [0.2, 0.25) is 0 Å². The Hall–Kier alpha value is -2.67. The number of hydrogen-bond donors (Lipinski definition) is 2. The van der Waals surface area contributed by atoms with Gasteiger partial charge in [0.15, 0.2) is 0 Å². The zero-order chi connectivity index (χ0) is 20.8. The first kappa shape index (κ1) is 20.1. The van der Waals surface area contributed by atoms with E-state index in [2.05, 4.69) is 37.9 Å². The van der Waals surface area contributed by atoms with Crippen molar-refractivity contribution in [2.45, 2.75) is 52.5 Å². The largest absolute Gasteiger partial charge is 0.368 e. The molecule has 6 nitrogen and oxygen atoms in total. The van der Waals surface area contributed by atoms with Crippen LogP contribution in [0.15, 0.2) is 33.9 Å². The van der Waals surface area contributed by atoms with Crippen molar-refractivity contribution in [3.8, 4) is 11.1 Å². The summed E-state index contributed by atoms with van der Waals surface area (Å²) in [4.78, 5) is 41.5. The Morgan fingerprint density at radius 1 is 1.21 bits per heavy atom. The zero-order valence-electron chi connectivity index (χ0n) is 16.8. The highest BCUT2D eigenvalue weighted by Crippen LogP contribution is 2.37. The number of nitrogens with zero attached hydrogens (tertiary/aromatic N) is 1. The molecule has 0 aliphatic heterocycles. The van der Waals surface area contributed by atoms with Gasteiger partial charge in [0.1, 0.15) is 10.9 Å². The van der Waals surface area contributed by atoms with Gasteiger partial charge < -0.3 is 5.73 Å². The Kier molecular flexibility index (Phi) is 5.06. The second-order valence-electron chi connectivity index (χ2n) is 7.97. The molecule has 28 heavy (non-hydrogen) atoms. The number of thiophene rings is 1. The highest BCUT2D eigenvalue weighted by atomic mass is 32.1. The summed E-state index contributed by atoms with van der Waals surface area (Å²) in [5.74, 6) is -0.728. The third-order valence-electron chi connectivity index (χ3n) is 5.01. The van der Waals surface area contributed by atoms with E-state index in [1.807, 2.05) is 19.1 Å². The molecule has 0 saturated heterocycles. The topological polar surface area (TPSA) is 97.9 Å². The van der Waals surface area contributed by atoms with Gasteiger partial charge in [0, 0.05) is 10.4 Å². The minimum atomic E-state index is -1.03. The fraction of sp³-hybridized carbons (Fsp3) is 0.381. The molecule has 3 rings (SSSR count). The van der Waals surface area contributed by atoms with Crippen molar-refractivity contribution in [1.82, 2.24) is 9.55 Å². The predicted molar refractivity (Wildman–Crippen MR) is 114 cm³/mol. The molecule has 1 aromatic carbocycles. The number of nitrogens with one attached hydrogen (secondary N) is 1. The van der Waals surface area contributed by atoms with Gasteiger partial charge in [0.05, 0.1) is 5.39 Å². The lowest BCUT2D eigenvalue weighted by Gasteiger charge is -2.19. The van der Waals surface area contributed by atoms with Crippen LogP contribution in [-0.4, -0.2) is 15.5 Å². The van der Waals surface area contributed by atoms with Gasteiger partial charge in [-0.25, -0.2) is 9.36 Å². The molecule has 2 aromatic heterocycles. The van der Waals surface area contributed by atoms with Crippen LogP contribution in [0.25, 0.3) is 21.3 Å². The van der Waals surface area contributed by atoms with Gasteiger partial charge in [-0.15, -0.1) is 11.3 Å². The smallest absolute Gasteiger partial charge is 0.330 e. The molecule has 0 aliphatic carbocycles. The lowest BCUT2D eigenvalue weighted by atomic mass is 9.86. The summed E-state index contributed by atoms with van der Waals surface area (Å²) in [7, 11) is 0. The minimum absolute atomic E-state index is 0.0255. The van der Waals surface area contributed by atoms with E-state index in [1.54, 1.807) is 0 Å². The molecule has 3 aromatic rings. The standard InChI is InChI=1S/C21H25N3O3S/c1-6-14-15(12-7-9-13(10-8-12)21(3,4)5)16-18(28-14)23-20(27)24(19(16)26)11(2)17(22)25/h7-11H,6H2,1-5H3,(H2,22,25)(H,23,27). The molecule has 0 spiro atoms. The Balaban J connectivity index is 2.33. The van der Waals surface area contributed by atoms with Gasteiger partial charge in [0.25, 0.3) is 5.56 Å². The molecule has 1 unspecified atom stereocenters. The van der Waals surface area contributed by atoms with E-state index in [9.17, 15) is 14.4 Å². The summed E-state index contributed by atoms with van der Waals surface area (Å²) in [5, 5.41) is 0.429. The maximum Gasteiger partial charge on any atom is 0.330 e. The molecule has 1 amide bonds. The number of aromatic amines is 1. The Morgan fingerprint density at radius 3 is 2.32 bits per heavy atom. The number of carbonyl (C=O) groups is 1. The van der Waals surface area contributed by atoms with Crippen molar-refractivity contribution in [3.05, 3.63) is 55.5 Å². The number of primary amides is 1. The van der Waals surface area contributed by atoms with Crippen molar-refractivity contribution >= 4 is 27.5 Å². The number of benzene rings is 1. The summed E-state index contributed by atoms with van der Waals surface area (Å²) < 4.78 is 0.907. The average Bonchev–Trinajstić information content (AvgIpc) is 2.99. The number of aryl methyl sites for hydroxylation is 1. The lowest BCUT2D eigenvalue weighted by molar-refractivity contribution is -0.120. The van der Waals surface area contributed by atoms with Crippen molar-refractivity contribution in [2.75, 3.05) is 0 Å². The van der Waals surface area contributed by atoms with Crippen LogP contribution in [0.3, 0.4) is 0 Å². The highest BCUT2D eigenvalue weighted by Gasteiger charge is 2.23. The van der Waals surface area contributed by atoms with E-state index in [0.29, 0.717) is 10.2 Å². The van der Waals surface area contributed by atoms with E-state index >= 15 is 0 Å². The first-order valence-corrected chi connectivity index (χ1v) is 10.1. The molecule has 0 fully saturated rings. The number of carbonyl (C=O) groups excluding carboxylic acids is 1. The minimum Gasteiger partial charge on any atom is -0.368 e. The van der Waals surface area contributed by atoms with Gasteiger partial charge in [-0.3, -0.25) is 14.6 Å². The molecular weight excluding hydrogens is 374 g/mol. The third-order valence-corrected chi connectivity index (χ3v) is 6.26. The quantitative estimate of drug-likeness (QED) is 0.704. The van der Waals surface area contributed by atoms with Gasteiger partial charge in [0.2, 0.25) is 5.91 Å². The van der Waals surface area contributed by atoms with Crippen LogP contribution in [-0.2, 0) is 16.6 Å². The van der Waals surface area contributed by atoms with Gasteiger partial charge >= 0.3 is 5.69 Å². The summed E-state index contributed by atoms with van der Waals surface area (Å²) >= 11 is 1.40. The first-order valence-electron chi connectivity index (χ1n) is 9.26. The number of amides is 1. The number of rotatable bonds is 4. The van der Waals surface area contributed by atoms with Crippen LogP contribution >= 0.6 is 11.3 Å². The summed E-state index contributed by atoms with van der Waals surface area (Å²) in [6.45, 7) is 9.91. The SMILES string of the molecule is CCc1sc2[nH]c(=O)n(C(C)C(N)=O)c(=O)c2c1-c1ccc(C(C)(C)C)cc1. The normalized spacial score (nSPS) is 13.0. The average molecular weight is 400 g/mol. The fourth-order valence-electron chi connectivity index (χ4n) is 3.31.